The van der Waals surface area contributed by atoms with Crippen LogP contribution < -0.4 is 5.32 Å². The Bertz CT molecular complexity index is 951. The highest BCUT2D eigenvalue weighted by Crippen LogP contribution is 2.22. The first-order valence-electron chi connectivity index (χ1n) is 7.82. The molecule has 5 nitrogen and oxygen atoms in total. The quantitative estimate of drug-likeness (QED) is 0.544. The van der Waals surface area contributed by atoms with Crippen molar-refractivity contribution in [1.82, 2.24) is 4.98 Å². The summed E-state index contributed by atoms with van der Waals surface area (Å²) in [6.45, 7) is 1.44. The summed E-state index contributed by atoms with van der Waals surface area (Å²) < 4.78 is 19.2. The molecule has 0 spiro atoms. The van der Waals surface area contributed by atoms with Crippen molar-refractivity contribution < 1.29 is 18.7 Å². The van der Waals surface area contributed by atoms with E-state index < -0.39 is 23.8 Å². The number of carbonyl (C=O) groups is 2. The van der Waals surface area contributed by atoms with E-state index in [-0.39, 0.29) is 0 Å². The van der Waals surface area contributed by atoms with Gasteiger partial charge in [-0.2, -0.15) is 0 Å². The maximum atomic E-state index is 13.1. The van der Waals surface area contributed by atoms with Gasteiger partial charge in [0.05, 0.1) is 10.2 Å². The second kappa shape index (κ2) is 7.88. The molecule has 1 heterocycles. The number of hydrogen-bond donors (Lipinski definition) is 1. The monoisotopic (exact) mass is 370 g/mol. The molecule has 3 rings (SSSR count). The number of anilines is 1. The van der Waals surface area contributed by atoms with Gasteiger partial charge in [0.15, 0.2) is 6.10 Å². The van der Waals surface area contributed by atoms with Crippen LogP contribution in [0, 0.1) is 5.82 Å². The zero-order valence-corrected chi connectivity index (χ0v) is 14.6. The molecule has 132 valence electrons. The van der Waals surface area contributed by atoms with Gasteiger partial charge < -0.3 is 10.1 Å². The van der Waals surface area contributed by atoms with Crippen molar-refractivity contribution in [3.63, 3.8) is 0 Å². The summed E-state index contributed by atoms with van der Waals surface area (Å²) in [5.41, 5.74) is 1.15. The van der Waals surface area contributed by atoms with Crippen molar-refractivity contribution >= 4 is 45.2 Å². The molecule has 0 saturated carbocycles. The molecule has 26 heavy (non-hydrogen) atoms. The molecular weight excluding hydrogens is 355 g/mol. The number of esters is 1. The third kappa shape index (κ3) is 4.52. The van der Waals surface area contributed by atoms with Gasteiger partial charge in [-0.25, -0.2) is 14.2 Å². The van der Waals surface area contributed by atoms with Crippen molar-refractivity contribution in [3.8, 4) is 0 Å². The van der Waals surface area contributed by atoms with Crippen LogP contribution in [0.5, 0.6) is 0 Å². The first-order valence-corrected chi connectivity index (χ1v) is 8.63. The van der Waals surface area contributed by atoms with Gasteiger partial charge >= 0.3 is 5.97 Å². The van der Waals surface area contributed by atoms with Crippen molar-refractivity contribution in [2.24, 2.45) is 0 Å². The molecule has 3 aromatic rings. The highest BCUT2D eigenvalue weighted by Gasteiger charge is 2.17. The Labute approximate surface area is 153 Å². The minimum atomic E-state index is -1.02. The van der Waals surface area contributed by atoms with E-state index in [0.29, 0.717) is 10.7 Å². The summed E-state index contributed by atoms with van der Waals surface area (Å²) in [5.74, 6) is -1.67. The summed E-state index contributed by atoms with van der Waals surface area (Å²) in [4.78, 5) is 28.3. The molecular formula is C19H15FN2O3S. The van der Waals surface area contributed by atoms with E-state index in [9.17, 15) is 14.0 Å². The molecule has 0 bridgehead atoms. The molecule has 1 aromatic heterocycles. The largest absolute Gasteiger partial charge is 0.449 e. The highest BCUT2D eigenvalue weighted by atomic mass is 32.1. The number of rotatable bonds is 5. The topological polar surface area (TPSA) is 68.3 Å². The molecule has 1 atom stereocenters. The fraction of sp³-hybridized carbons (Fsp3) is 0.105. The predicted octanol–water partition coefficient (Wildman–Crippen LogP) is 4.02. The van der Waals surface area contributed by atoms with Crippen LogP contribution >= 0.6 is 11.3 Å². The lowest BCUT2D eigenvalue weighted by atomic mass is 10.3. The SMILES string of the molecule is C[C@H](OC(=O)/C=C/c1nc2ccccc2s1)C(=O)Nc1cccc(F)c1. The van der Waals surface area contributed by atoms with Crippen LogP contribution in [0.15, 0.2) is 54.6 Å². The van der Waals surface area contributed by atoms with E-state index in [0.717, 1.165) is 10.2 Å². The third-order valence-corrected chi connectivity index (χ3v) is 4.43. The van der Waals surface area contributed by atoms with Gasteiger partial charge in [-0.15, -0.1) is 11.3 Å². The molecule has 0 saturated heterocycles. The van der Waals surface area contributed by atoms with Crippen molar-refractivity contribution in [2.45, 2.75) is 13.0 Å². The maximum absolute atomic E-state index is 13.1. The van der Waals surface area contributed by atoms with Gasteiger partial charge in [-0.05, 0) is 43.3 Å². The number of fused-ring (bicyclic) bond motifs is 1. The average Bonchev–Trinajstić information content (AvgIpc) is 3.03. The number of thiazole rings is 1. The number of para-hydroxylation sites is 1. The van der Waals surface area contributed by atoms with Gasteiger partial charge in [-0.3, -0.25) is 4.79 Å². The number of hydrogen-bond acceptors (Lipinski definition) is 5. The molecule has 0 aliphatic heterocycles. The number of halogens is 1. The van der Waals surface area contributed by atoms with E-state index in [4.69, 9.17) is 4.74 Å². The van der Waals surface area contributed by atoms with Gasteiger partial charge in [-0.1, -0.05) is 18.2 Å². The van der Waals surface area contributed by atoms with Crippen LogP contribution in [-0.2, 0) is 14.3 Å². The Balaban J connectivity index is 1.57. The van der Waals surface area contributed by atoms with E-state index in [1.807, 2.05) is 24.3 Å². The molecule has 2 aromatic carbocycles. The zero-order valence-electron chi connectivity index (χ0n) is 13.8. The maximum Gasteiger partial charge on any atom is 0.331 e. The highest BCUT2D eigenvalue weighted by molar-refractivity contribution is 7.19. The van der Waals surface area contributed by atoms with Crippen LogP contribution in [0.2, 0.25) is 0 Å². The Kier molecular flexibility index (Phi) is 5.38. The van der Waals surface area contributed by atoms with Gasteiger partial charge in [0.1, 0.15) is 10.8 Å². The zero-order chi connectivity index (χ0) is 18.5. The molecule has 0 unspecified atom stereocenters. The number of nitrogens with one attached hydrogen (secondary N) is 1. The molecule has 1 N–H and O–H groups in total. The van der Waals surface area contributed by atoms with Crippen LogP contribution in [0.1, 0.15) is 11.9 Å². The van der Waals surface area contributed by atoms with E-state index in [1.54, 1.807) is 12.1 Å². The van der Waals surface area contributed by atoms with E-state index in [2.05, 4.69) is 10.3 Å². The van der Waals surface area contributed by atoms with Gasteiger partial charge in [0, 0.05) is 11.8 Å². The van der Waals surface area contributed by atoms with Crippen molar-refractivity contribution in [3.05, 3.63) is 65.4 Å². The Morgan fingerprint density at radius 2 is 2.04 bits per heavy atom. The summed E-state index contributed by atoms with van der Waals surface area (Å²) in [6.07, 6.45) is 1.75. The van der Waals surface area contributed by atoms with E-state index >= 15 is 0 Å². The van der Waals surface area contributed by atoms with Crippen LogP contribution in [0.4, 0.5) is 10.1 Å². The second-order valence-corrected chi connectivity index (χ2v) is 6.49. The molecule has 0 radical (unpaired) electrons. The normalized spacial score (nSPS) is 12.2. The summed E-state index contributed by atoms with van der Waals surface area (Å²) >= 11 is 1.45. The Morgan fingerprint density at radius 1 is 1.23 bits per heavy atom. The number of ether oxygens (including phenoxy) is 1. The molecule has 0 fully saturated rings. The Hall–Kier alpha value is -3.06. The summed E-state index contributed by atoms with van der Waals surface area (Å²) in [5, 5.41) is 3.16. The predicted molar refractivity (Wildman–Crippen MR) is 99.2 cm³/mol. The lowest BCUT2D eigenvalue weighted by Crippen LogP contribution is -2.29. The average molecular weight is 370 g/mol. The van der Waals surface area contributed by atoms with Gasteiger partial charge in [0.2, 0.25) is 0 Å². The fourth-order valence-electron chi connectivity index (χ4n) is 2.18. The second-order valence-electron chi connectivity index (χ2n) is 5.43. The van der Waals surface area contributed by atoms with Crippen LogP contribution in [-0.4, -0.2) is 23.0 Å². The molecule has 0 aliphatic rings. The number of nitrogens with zero attached hydrogens (tertiary/aromatic N) is 1. The lowest BCUT2D eigenvalue weighted by molar-refractivity contribution is -0.148. The number of benzene rings is 2. The van der Waals surface area contributed by atoms with Crippen molar-refractivity contribution in [1.29, 1.82) is 0 Å². The molecule has 0 aliphatic carbocycles. The third-order valence-electron chi connectivity index (χ3n) is 3.43. The van der Waals surface area contributed by atoms with Crippen LogP contribution in [0.3, 0.4) is 0 Å². The minimum Gasteiger partial charge on any atom is -0.449 e. The lowest BCUT2D eigenvalue weighted by Gasteiger charge is -2.12. The molecule has 1 amide bonds. The standard InChI is InChI=1S/C19H15FN2O3S/c1-12(19(24)21-14-6-4-5-13(20)11-14)25-18(23)10-9-17-22-15-7-2-3-8-16(15)26-17/h2-12H,1H3,(H,21,24)/b10-9+/t12-/m0/s1. The fourth-order valence-corrected chi connectivity index (χ4v) is 3.05. The van der Waals surface area contributed by atoms with E-state index in [1.165, 1.54) is 42.5 Å². The summed E-state index contributed by atoms with van der Waals surface area (Å²) in [7, 11) is 0. The summed E-state index contributed by atoms with van der Waals surface area (Å²) in [6, 6.07) is 13.1. The van der Waals surface area contributed by atoms with Crippen molar-refractivity contribution in [2.75, 3.05) is 5.32 Å². The number of aromatic nitrogens is 1. The number of carbonyl (C=O) groups excluding carboxylic acids is 2. The first kappa shape index (κ1) is 17.8. The first-order chi connectivity index (χ1) is 12.5. The Morgan fingerprint density at radius 3 is 2.81 bits per heavy atom. The minimum absolute atomic E-state index is 0.294. The number of amides is 1. The van der Waals surface area contributed by atoms with Gasteiger partial charge in [0.25, 0.3) is 5.91 Å². The smallest absolute Gasteiger partial charge is 0.331 e. The van der Waals surface area contributed by atoms with Crippen LogP contribution in [0.25, 0.3) is 16.3 Å². The molecule has 7 heteroatoms.